The maximum Gasteiger partial charge on any atom is 0.237 e. The van der Waals surface area contributed by atoms with Crippen LogP contribution in [0.3, 0.4) is 0 Å². The second kappa shape index (κ2) is 4.75. The third-order valence-electron chi connectivity index (χ3n) is 1.04. The molecule has 60 valence electrons. The molecule has 0 saturated heterocycles. The van der Waals surface area contributed by atoms with E-state index in [1.807, 2.05) is 0 Å². The van der Waals surface area contributed by atoms with E-state index < -0.39 is 5.92 Å². The summed E-state index contributed by atoms with van der Waals surface area (Å²) in [6, 6.07) is 1.80. The van der Waals surface area contributed by atoms with E-state index in [4.69, 9.17) is 16.9 Å². The van der Waals surface area contributed by atoms with Crippen LogP contribution in [0.15, 0.2) is 11.6 Å². The van der Waals surface area contributed by atoms with Crippen molar-refractivity contribution in [3.05, 3.63) is 11.6 Å². The molecule has 0 spiro atoms. The summed E-state index contributed by atoms with van der Waals surface area (Å²) in [5.74, 6) is -0.958. The molecule has 0 heterocycles. The van der Waals surface area contributed by atoms with E-state index in [0.717, 1.165) is 0 Å². The van der Waals surface area contributed by atoms with Gasteiger partial charge in [0.1, 0.15) is 5.92 Å². The number of hydrogen-bond donors (Lipinski definition) is 1. The molecular formula is C7H9ClN2O. The molecule has 0 rings (SSSR count). The molecule has 0 aliphatic rings. The van der Waals surface area contributed by atoms with Gasteiger partial charge in [0.05, 0.1) is 12.6 Å². The number of halogens is 1. The van der Waals surface area contributed by atoms with E-state index >= 15 is 0 Å². The van der Waals surface area contributed by atoms with Crippen molar-refractivity contribution in [3.63, 3.8) is 0 Å². The van der Waals surface area contributed by atoms with Crippen molar-refractivity contribution in [3.8, 4) is 6.07 Å². The lowest BCUT2D eigenvalue weighted by Gasteiger charge is -2.03. The molecule has 0 bridgehead atoms. The van der Waals surface area contributed by atoms with Gasteiger partial charge in [0.2, 0.25) is 5.91 Å². The van der Waals surface area contributed by atoms with Gasteiger partial charge in [-0.2, -0.15) is 5.26 Å². The number of amides is 1. The first-order valence-electron chi connectivity index (χ1n) is 3.08. The minimum absolute atomic E-state index is 0.215. The van der Waals surface area contributed by atoms with Gasteiger partial charge in [-0.05, 0) is 6.92 Å². The van der Waals surface area contributed by atoms with E-state index in [9.17, 15) is 4.79 Å². The fourth-order valence-corrected chi connectivity index (χ4v) is 0.462. The number of rotatable bonds is 3. The third kappa shape index (κ3) is 4.40. The first-order chi connectivity index (χ1) is 5.07. The standard InChI is InChI=1S/C7H9ClN2O/c1-5(3-9)7(11)10-4-6(2)8/h5H,2,4H2,1H3,(H,10,11). The van der Waals surface area contributed by atoms with Crippen molar-refractivity contribution in [2.75, 3.05) is 6.54 Å². The third-order valence-corrected chi connectivity index (χ3v) is 1.17. The molecule has 0 aliphatic heterocycles. The van der Waals surface area contributed by atoms with Crippen LogP contribution in [0.2, 0.25) is 0 Å². The lowest BCUT2D eigenvalue weighted by atomic mass is 10.2. The molecule has 1 N–H and O–H groups in total. The molecule has 0 aromatic heterocycles. The van der Waals surface area contributed by atoms with Gasteiger partial charge >= 0.3 is 0 Å². The molecule has 0 aliphatic carbocycles. The van der Waals surface area contributed by atoms with Crippen molar-refractivity contribution in [1.29, 1.82) is 5.26 Å². The normalized spacial score (nSPS) is 11.4. The first kappa shape index (κ1) is 9.99. The fraction of sp³-hybridized carbons (Fsp3) is 0.429. The number of nitrogens with one attached hydrogen (secondary N) is 1. The summed E-state index contributed by atoms with van der Waals surface area (Å²) in [4.78, 5) is 10.8. The van der Waals surface area contributed by atoms with E-state index in [-0.39, 0.29) is 12.5 Å². The SMILES string of the molecule is C=C(Cl)CNC(=O)C(C)C#N. The summed E-state index contributed by atoms with van der Waals surface area (Å²) in [5, 5.41) is 11.1. The Labute approximate surface area is 70.6 Å². The van der Waals surface area contributed by atoms with E-state index in [1.54, 1.807) is 6.07 Å². The van der Waals surface area contributed by atoms with Crippen molar-refractivity contribution in [2.24, 2.45) is 5.92 Å². The molecule has 3 nitrogen and oxygen atoms in total. The van der Waals surface area contributed by atoms with E-state index in [1.165, 1.54) is 6.92 Å². The smallest absolute Gasteiger partial charge is 0.237 e. The van der Waals surface area contributed by atoms with Crippen molar-refractivity contribution < 1.29 is 4.79 Å². The Morgan fingerprint density at radius 1 is 1.91 bits per heavy atom. The average molecular weight is 173 g/mol. The molecule has 0 radical (unpaired) electrons. The fourth-order valence-electron chi connectivity index (χ4n) is 0.395. The first-order valence-corrected chi connectivity index (χ1v) is 3.46. The Kier molecular flexibility index (Phi) is 4.32. The van der Waals surface area contributed by atoms with Crippen LogP contribution in [-0.4, -0.2) is 12.5 Å². The molecular weight excluding hydrogens is 164 g/mol. The van der Waals surface area contributed by atoms with E-state index in [0.29, 0.717) is 5.03 Å². The van der Waals surface area contributed by atoms with Crippen LogP contribution >= 0.6 is 11.6 Å². The van der Waals surface area contributed by atoms with Crippen molar-refractivity contribution in [1.82, 2.24) is 5.32 Å². The van der Waals surface area contributed by atoms with E-state index in [2.05, 4.69) is 11.9 Å². The topological polar surface area (TPSA) is 52.9 Å². The Morgan fingerprint density at radius 2 is 2.45 bits per heavy atom. The van der Waals surface area contributed by atoms with Gasteiger partial charge in [-0.25, -0.2) is 0 Å². The lowest BCUT2D eigenvalue weighted by molar-refractivity contribution is -0.122. The van der Waals surface area contributed by atoms with Crippen LogP contribution in [-0.2, 0) is 4.79 Å². The summed E-state index contributed by atoms with van der Waals surface area (Å²) < 4.78 is 0. The quantitative estimate of drug-likeness (QED) is 0.691. The maximum atomic E-state index is 10.8. The summed E-state index contributed by atoms with van der Waals surface area (Å²) in [6.07, 6.45) is 0. The van der Waals surface area contributed by atoms with Crippen molar-refractivity contribution in [2.45, 2.75) is 6.92 Å². The molecule has 1 atom stereocenters. The largest absolute Gasteiger partial charge is 0.350 e. The highest BCUT2D eigenvalue weighted by Crippen LogP contribution is 1.95. The molecule has 11 heavy (non-hydrogen) atoms. The zero-order valence-electron chi connectivity index (χ0n) is 6.22. The maximum absolute atomic E-state index is 10.8. The lowest BCUT2D eigenvalue weighted by Crippen LogP contribution is -2.29. The Morgan fingerprint density at radius 3 is 2.82 bits per heavy atom. The van der Waals surface area contributed by atoms with Crippen LogP contribution in [0.4, 0.5) is 0 Å². The van der Waals surface area contributed by atoms with Crippen LogP contribution in [0.5, 0.6) is 0 Å². The minimum atomic E-state index is -0.633. The number of nitrogens with zero attached hydrogens (tertiary/aromatic N) is 1. The number of hydrogen-bond acceptors (Lipinski definition) is 2. The Balaban J connectivity index is 3.72. The Bertz CT molecular complexity index is 207. The summed E-state index contributed by atoms with van der Waals surface area (Å²) in [6.45, 7) is 5.11. The molecule has 0 fully saturated rings. The Hall–Kier alpha value is -1.01. The molecule has 1 amide bonds. The van der Waals surface area contributed by atoms with Gasteiger partial charge < -0.3 is 5.32 Å². The highest BCUT2D eigenvalue weighted by Gasteiger charge is 2.09. The van der Waals surface area contributed by atoms with Crippen LogP contribution in [0, 0.1) is 17.2 Å². The summed E-state index contributed by atoms with van der Waals surface area (Å²) in [5.41, 5.74) is 0. The van der Waals surface area contributed by atoms with Crippen LogP contribution in [0.1, 0.15) is 6.92 Å². The minimum Gasteiger partial charge on any atom is -0.350 e. The van der Waals surface area contributed by atoms with Gasteiger partial charge in [-0.1, -0.05) is 18.2 Å². The van der Waals surface area contributed by atoms with Crippen LogP contribution in [0.25, 0.3) is 0 Å². The predicted molar refractivity (Wildman–Crippen MR) is 42.8 cm³/mol. The zero-order chi connectivity index (χ0) is 8.85. The van der Waals surface area contributed by atoms with Crippen molar-refractivity contribution >= 4 is 17.5 Å². The van der Waals surface area contributed by atoms with Gasteiger partial charge in [0.25, 0.3) is 0 Å². The van der Waals surface area contributed by atoms with Gasteiger partial charge in [-0.15, -0.1) is 0 Å². The van der Waals surface area contributed by atoms with Gasteiger partial charge in [-0.3, -0.25) is 4.79 Å². The molecule has 0 saturated carbocycles. The average Bonchev–Trinajstić information content (AvgIpc) is 1.98. The van der Waals surface area contributed by atoms with Crippen LogP contribution < -0.4 is 5.32 Å². The number of carbonyl (C=O) groups is 1. The second-order valence-electron chi connectivity index (χ2n) is 2.09. The summed E-state index contributed by atoms with van der Waals surface area (Å²) >= 11 is 5.38. The molecule has 0 aromatic carbocycles. The molecule has 1 unspecified atom stereocenters. The number of carbonyl (C=O) groups excluding carboxylic acids is 1. The monoisotopic (exact) mass is 172 g/mol. The zero-order valence-corrected chi connectivity index (χ0v) is 6.98. The predicted octanol–water partition coefficient (Wildman–Crippen LogP) is 1.01. The number of nitriles is 1. The highest BCUT2D eigenvalue weighted by molar-refractivity contribution is 6.29. The van der Waals surface area contributed by atoms with Gasteiger partial charge in [0.15, 0.2) is 0 Å². The summed E-state index contributed by atoms with van der Waals surface area (Å²) in [7, 11) is 0. The molecule has 4 heteroatoms. The molecule has 0 aromatic rings. The second-order valence-corrected chi connectivity index (χ2v) is 2.62. The highest BCUT2D eigenvalue weighted by atomic mass is 35.5. The van der Waals surface area contributed by atoms with Gasteiger partial charge in [0, 0.05) is 5.03 Å².